The normalized spacial score (nSPS) is 19.8. The minimum absolute atomic E-state index is 0. The molecule has 27 heavy (non-hydrogen) atoms. The van der Waals surface area contributed by atoms with E-state index in [1.807, 2.05) is 36.3 Å². The monoisotopic (exact) mass is 383 g/mol. The Morgan fingerprint density at radius 2 is 1.81 bits per heavy atom. The molecule has 0 bridgehead atoms. The lowest BCUT2D eigenvalue weighted by molar-refractivity contribution is 0.317. The Morgan fingerprint density at radius 1 is 1.07 bits per heavy atom. The summed E-state index contributed by atoms with van der Waals surface area (Å²) in [5.41, 5.74) is 10.9. The number of pyridine rings is 1. The van der Waals surface area contributed by atoms with Gasteiger partial charge in [-0.25, -0.2) is 0 Å². The lowest BCUT2D eigenvalue weighted by atomic mass is 9.89. The van der Waals surface area contributed by atoms with Gasteiger partial charge in [0.05, 0.1) is 5.69 Å². The summed E-state index contributed by atoms with van der Waals surface area (Å²) in [6, 6.07) is 14.8. The Bertz CT molecular complexity index is 850. The average Bonchev–Trinajstić information content (AvgIpc) is 3.26. The van der Waals surface area contributed by atoms with Crippen LogP contribution in [-0.4, -0.2) is 39.3 Å². The summed E-state index contributed by atoms with van der Waals surface area (Å²) >= 11 is 0. The van der Waals surface area contributed by atoms with E-state index in [-0.39, 0.29) is 12.4 Å². The first kappa shape index (κ1) is 19.5. The van der Waals surface area contributed by atoms with Crippen molar-refractivity contribution in [1.29, 1.82) is 0 Å². The summed E-state index contributed by atoms with van der Waals surface area (Å²) in [6.45, 7) is 3.68. The van der Waals surface area contributed by atoms with E-state index in [0.717, 1.165) is 37.4 Å². The zero-order valence-corrected chi connectivity index (χ0v) is 16.3. The van der Waals surface area contributed by atoms with Gasteiger partial charge >= 0.3 is 0 Å². The molecule has 142 valence electrons. The second-order valence-electron chi connectivity index (χ2n) is 7.12. The lowest BCUT2D eigenvalue weighted by Crippen LogP contribution is -2.23. The number of aromatic nitrogens is 3. The largest absolute Gasteiger partial charge is 0.330 e. The van der Waals surface area contributed by atoms with Gasteiger partial charge in [-0.15, -0.1) is 12.4 Å². The highest BCUT2D eigenvalue weighted by atomic mass is 35.5. The minimum Gasteiger partial charge on any atom is -0.330 e. The summed E-state index contributed by atoms with van der Waals surface area (Å²) in [5, 5.41) is 4.68. The highest BCUT2D eigenvalue weighted by Gasteiger charge is 2.33. The van der Waals surface area contributed by atoms with Crippen molar-refractivity contribution in [2.45, 2.75) is 12.5 Å². The highest BCUT2D eigenvalue weighted by Crippen LogP contribution is 2.33. The third-order valence-corrected chi connectivity index (χ3v) is 5.30. The number of nitrogens with zero attached hydrogens (tertiary/aromatic N) is 4. The van der Waals surface area contributed by atoms with Crippen LogP contribution in [0.15, 0.2) is 61.1 Å². The molecule has 2 N–H and O–H groups in total. The highest BCUT2D eigenvalue weighted by molar-refractivity contribution is 5.85. The summed E-state index contributed by atoms with van der Waals surface area (Å²) in [5.74, 6) is 1.00. The van der Waals surface area contributed by atoms with Crippen LogP contribution >= 0.6 is 12.4 Å². The molecule has 3 heterocycles. The Balaban J connectivity index is 0.00000210. The molecule has 0 unspecified atom stereocenters. The zero-order chi connectivity index (χ0) is 17.9. The molecule has 0 aliphatic carbocycles. The molecule has 1 aliphatic heterocycles. The third-order valence-electron chi connectivity index (χ3n) is 5.30. The Kier molecular flexibility index (Phi) is 6.26. The smallest absolute Gasteiger partial charge is 0.0969 e. The van der Waals surface area contributed by atoms with E-state index in [2.05, 4.69) is 51.5 Å². The van der Waals surface area contributed by atoms with Crippen molar-refractivity contribution >= 4 is 12.4 Å². The van der Waals surface area contributed by atoms with E-state index in [0.29, 0.717) is 11.8 Å². The fraction of sp³-hybridized carbons (Fsp3) is 0.333. The molecule has 0 radical (unpaired) electrons. The molecule has 5 nitrogen and oxygen atoms in total. The lowest BCUT2D eigenvalue weighted by Gasteiger charge is -2.16. The number of aryl methyl sites for hydroxylation is 1. The van der Waals surface area contributed by atoms with Crippen molar-refractivity contribution in [3.05, 3.63) is 72.2 Å². The van der Waals surface area contributed by atoms with Crippen LogP contribution in [0.1, 0.15) is 17.0 Å². The van der Waals surface area contributed by atoms with Gasteiger partial charge in [0, 0.05) is 62.3 Å². The Hall–Kier alpha value is -2.21. The van der Waals surface area contributed by atoms with E-state index >= 15 is 0 Å². The summed E-state index contributed by atoms with van der Waals surface area (Å²) in [7, 11) is 1.98. The third kappa shape index (κ3) is 4.21. The van der Waals surface area contributed by atoms with Gasteiger partial charge in [-0.05, 0) is 30.2 Å². The van der Waals surface area contributed by atoms with Crippen molar-refractivity contribution in [2.75, 3.05) is 19.6 Å². The van der Waals surface area contributed by atoms with Gasteiger partial charge in [0.25, 0.3) is 0 Å². The van der Waals surface area contributed by atoms with E-state index in [1.54, 1.807) is 0 Å². The second kappa shape index (κ2) is 8.65. The Labute approximate surface area is 166 Å². The molecule has 1 aliphatic rings. The van der Waals surface area contributed by atoms with Crippen molar-refractivity contribution in [3.63, 3.8) is 0 Å². The van der Waals surface area contributed by atoms with Gasteiger partial charge in [0.1, 0.15) is 0 Å². The molecule has 0 saturated carbocycles. The van der Waals surface area contributed by atoms with Crippen LogP contribution in [0.25, 0.3) is 11.3 Å². The van der Waals surface area contributed by atoms with E-state index in [9.17, 15) is 0 Å². The molecule has 0 amide bonds. The molecule has 1 aromatic carbocycles. The number of halogens is 1. The SMILES string of the molecule is Cl.Cn1cc(CN2C[C@@H](CN)[C@H](c3ccccc3)C2)c(-c2ccncc2)n1. The average molecular weight is 384 g/mol. The molecular formula is C21H26ClN5. The first-order valence-electron chi connectivity index (χ1n) is 9.15. The first-order chi connectivity index (χ1) is 12.7. The Morgan fingerprint density at radius 3 is 2.52 bits per heavy atom. The quantitative estimate of drug-likeness (QED) is 0.735. The molecule has 1 fully saturated rings. The molecule has 1 saturated heterocycles. The van der Waals surface area contributed by atoms with Crippen molar-refractivity contribution < 1.29 is 0 Å². The van der Waals surface area contributed by atoms with Gasteiger partial charge in [0.2, 0.25) is 0 Å². The van der Waals surface area contributed by atoms with Crippen LogP contribution < -0.4 is 5.73 Å². The predicted octanol–water partition coefficient (Wildman–Crippen LogP) is 3.08. The second-order valence-corrected chi connectivity index (χ2v) is 7.12. The molecule has 3 aromatic rings. The summed E-state index contributed by atoms with van der Waals surface area (Å²) in [4.78, 5) is 6.63. The molecule has 6 heteroatoms. The maximum absolute atomic E-state index is 6.09. The van der Waals surface area contributed by atoms with Crippen molar-refractivity contribution in [1.82, 2.24) is 19.7 Å². The summed E-state index contributed by atoms with van der Waals surface area (Å²) in [6.07, 6.45) is 5.77. The van der Waals surface area contributed by atoms with Crippen LogP contribution in [0, 0.1) is 5.92 Å². The van der Waals surface area contributed by atoms with Gasteiger partial charge < -0.3 is 5.73 Å². The molecular weight excluding hydrogens is 358 g/mol. The number of rotatable bonds is 5. The standard InChI is InChI=1S/C21H25N5.ClH/c1-25-12-19(21(24-25)17-7-9-23-10-8-17)14-26-13-18(11-22)20(15-26)16-5-3-2-4-6-16;/h2-10,12,18,20H,11,13-15,22H2,1H3;1H/t18-,20+;/m1./s1. The summed E-state index contributed by atoms with van der Waals surface area (Å²) < 4.78 is 1.90. The van der Waals surface area contributed by atoms with Crippen LogP contribution in [0.4, 0.5) is 0 Å². The fourth-order valence-corrected chi connectivity index (χ4v) is 4.05. The fourth-order valence-electron chi connectivity index (χ4n) is 4.05. The molecule has 4 rings (SSSR count). The van der Waals surface area contributed by atoms with Crippen LogP contribution in [0.5, 0.6) is 0 Å². The van der Waals surface area contributed by atoms with E-state index in [1.165, 1.54) is 11.1 Å². The number of benzene rings is 1. The minimum atomic E-state index is 0. The van der Waals surface area contributed by atoms with Gasteiger partial charge in [0.15, 0.2) is 0 Å². The van der Waals surface area contributed by atoms with Gasteiger partial charge in [-0.2, -0.15) is 5.10 Å². The van der Waals surface area contributed by atoms with Crippen molar-refractivity contribution in [2.24, 2.45) is 18.7 Å². The van der Waals surface area contributed by atoms with E-state index < -0.39 is 0 Å². The zero-order valence-electron chi connectivity index (χ0n) is 15.5. The molecule has 2 atom stereocenters. The van der Waals surface area contributed by atoms with Gasteiger partial charge in [-0.3, -0.25) is 14.6 Å². The van der Waals surface area contributed by atoms with Gasteiger partial charge in [-0.1, -0.05) is 30.3 Å². The maximum Gasteiger partial charge on any atom is 0.0969 e. The molecule has 0 spiro atoms. The van der Waals surface area contributed by atoms with Crippen molar-refractivity contribution in [3.8, 4) is 11.3 Å². The first-order valence-corrected chi connectivity index (χ1v) is 9.15. The number of nitrogens with two attached hydrogens (primary N) is 1. The maximum atomic E-state index is 6.09. The number of hydrogen-bond donors (Lipinski definition) is 1. The van der Waals surface area contributed by atoms with Crippen LogP contribution in [0.2, 0.25) is 0 Å². The van der Waals surface area contributed by atoms with Crippen LogP contribution in [0.3, 0.4) is 0 Å². The van der Waals surface area contributed by atoms with Crippen LogP contribution in [-0.2, 0) is 13.6 Å². The number of likely N-dealkylation sites (tertiary alicyclic amines) is 1. The molecule has 2 aromatic heterocycles. The topological polar surface area (TPSA) is 60.0 Å². The predicted molar refractivity (Wildman–Crippen MR) is 111 cm³/mol. The van der Waals surface area contributed by atoms with E-state index in [4.69, 9.17) is 5.73 Å². The number of hydrogen-bond acceptors (Lipinski definition) is 4.